The van der Waals surface area contributed by atoms with Crippen LogP contribution in [0.1, 0.15) is 33.9 Å². The molecule has 0 fully saturated rings. The van der Waals surface area contributed by atoms with Gasteiger partial charge in [0.15, 0.2) is 0 Å². The first kappa shape index (κ1) is 14.7. The molecule has 1 atom stereocenters. The number of hydrogen-bond acceptors (Lipinski definition) is 1. The minimum absolute atomic E-state index is 0.363. The van der Waals surface area contributed by atoms with Gasteiger partial charge in [0.2, 0.25) is 0 Å². The van der Waals surface area contributed by atoms with Crippen LogP contribution in [0, 0.1) is 32.4 Å². The highest BCUT2D eigenvalue weighted by molar-refractivity contribution is 5.33. The summed E-state index contributed by atoms with van der Waals surface area (Å²) in [5.74, 6) is -1.12. The summed E-state index contributed by atoms with van der Waals surface area (Å²) < 4.78 is 27.1. The van der Waals surface area contributed by atoms with Gasteiger partial charge in [-0.1, -0.05) is 18.2 Å². The number of hydrogen-bond donors (Lipinski definition) is 1. The van der Waals surface area contributed by atoms with Gasteiger partial charge in [0.25, 0.3) is 0 Å². The van der Waals surface area contributed by atoms with E-state index in [-0.39, 0.29) is 0 Å². The molecule has 20 heavy (non-hydrogen) atoms. The first-order chi connectivity index (χ1) is 9.38. The van der Waals surface area contributed by atoms with E-state index >= 15 is 0 Å². The van der Waals surface area contributed by atoms with Crippen molar-refractivity contribution in [2.24, 2.45) is 5.73 Å². The number of rotatable bonds is 3. The number of nitrogens with two attached hydrogens (primary N) is 1. The summed E-state index contributed by atoms with van der Waals surface area (Å²) in [6, 6.07) is 8.02. The Balaban J connectivity index is 2.25. The third-order valence-electron chi connectivity index (χ3n) is 3.70. The van der Waals surface area contributed by atoms with E-state index in [1.54, 1.807) is 6.92 Å². The molecular weight excluding hydrogens is 256 g/mol. The maximum Gasteiger partial charge on any atom is 0.130 e. The fourth-order valence-electron chi connectivity index (χ4n) is 2.26. The largest absolute Gasteiger partial charge is 0.324 e. The van der Waals surface area contributed by atoms with Crippen LogP contribution in [0.15, 0.2) is 30.3 Å². The lowest BCUT2D eigenvalue weighted by Crippen LogP contribution is -2.15. The second kappa shape index (κ2) is 5.71. The van der Waals surface area contributed by atoms with Crippen LogP contribution >= 0.6 is 0 Å². The van der Waals surface area contributed by atoms with Gasteiger partial charge < -0.3 is 5.73 Å². The van der Waals surface area contributed by atoms with Crippen molar-refractivity contribution in [1.82, 2.24) is 0 Å². The molecule has 2 N–H and O–H groups in total. The van der Waals surface area contributed by atoms with E-state index in [4.69, 9.17) is 5.73 Å². The molecule has 0 radical (unpaired) electrons. The molecule has 0 spiro atoms. The molecular formula is C17H19F2N. The van der Waals surface area contributed by atoms with Gasteiger partial charge in [0.1, 0.15) is 11.6 Å². The van der Waals surface area contributed by atoms with Crippen molar-refractivity contribution >= 4 is 0 Å². The molecule has 0 amide bonds. The standard InChI is InChI=1S/C17H19F2N/c1-10-4-5-13(6-11(10)2)8-17(20)14-7-12(3)15(18)9-16(14)19/h4-7,9,17H,8,20H2,1-3H3. The van der Waals surface area contributed by atoms with Gasteiger partial charge in [0, 0.05) is 17.7 Å². The molecule has 2 aromatic carbocycles. The fourth-order valence-corrected chi connectivity index (χ4v) is 2.26. The minimum Gasteiger partial charge on any atom is -0.324 e. The van der Waals surface area contributed by atoms with Gasteiger partial charge in [0.05, 0.1) is 0 Å². The zero-order valence-electron chi connectivity index (χ0n) is 12.0. The topological polar surface area (TPSA) is 26.0 Å². The molecule has 1 unspecified atom stereocenters. The van der Waals surface area contributed by atoms with E-state index in [1.807, 2.05) is 26.0 Å². The predicted molar refractivity (Wildman–Crippen MR) is 77.6 cm³/mol. The Morgan fingerprint density at radius 3 is 2.25 bits per heavy atom. The molecule has 0 saturated heterocycles. The Bertz CT molecular complexity index is 635. The number of halogens is 2. The molecule has 3 heteroatoms. The van der Waals surface area contributed by atoms with E-state index in [9.17, 15) is 8.78 Å². The van der Waals surface area contributed by atoms with Crippen molar-refractivity contribution in [2.45, 2.75) is 33.2 Å². The summed E-state index contributed by atoms with van der Waals surface area (Å²) in [6.07, 6.45) is 0.531. The highest BCUT2D eigenvalue weighted by Crippen LogP contribution is 2.23. The molecule has 106 valence electrons. The lowest BCUT2D eigenvalue weighted by Gasteiger charge is -2.15. The molecule has 0 bridgehead atoms. The average Bonchev–Trinajstić information content (AvgIpc) is 2.38. The van der Waals surface area contributed by atoms with E-state index in [1.165, 1.54) is 17.2 Å². The molecule has 2 rings (SSSR count). The van der Waals surface area contributed by atoms with Gasteiger partial charge >= 0.3 is 0 Å². The van der Waals surface area contributed by atoms with Crippen molar-refractivity contribution in [3.8, 4) is 0 Å². The summed E-state index contributed by atoms with van der Waals surface area (Å²) >= 11 is 0. The van der Waals surface area contributed by atoms with Crippen LogP contribution in [-0.4, -0.2) is 0 Å². The zero-order valence-corrected chi connectivity index (χ0v) is 12.0. The summed E-state index contributed by atoms with van der Waals surface area (Å²) in [5, 5.41) is 0. The molecule has 0 aromatic heterocycles. The van der Waals surface area contributed by atoms with Crippen molar-refractivity contribution < 1.29 is 8.78 Å². The first-order valence-electron chi connectivity index (χ1n) is 6.65. The van der Waals surface area contributed by atoms with Crippen molar-refractivity contribution in [3.63, 3.8) is 0 Å². The van der Waals surface area contributed by atoms with Gasteiger partial charge in [-0.25, -0.2) is 8.78 Å². The molecule has 0 saturated carbocycles. The maximum atomic E-state index is 13.8. The van der Waals surface area contributed by atoms with Gasteiger partial charge in [-0.15, -0.1) is 0 Å². The second-order valence-electron chi connectivity index (χ2n) is 5.35. The van der Waals surface area contributed by atoms with Crippen LogP contribution in [0.4, 0.5) is 8.78 Å². The third-order valence-corrected chi connectivity index (χ3v) is 3.70. The second-order valence-corrected chi connectivity index (χ2v) is 5.35. The highest BCUT2D eigenvalue weighted by Gasteiger charge is 2.15. The minimum atomic E-state index is -0.579. The Morgan fingerprint density at radius 1 is 0.900 bits per heavy atom. The maximum absolute atomic E-state index is 13.8. The van der Waals surface area contributed by atoms with Crippen LogP contribution < -0.4 is 5.73 Å². The van der Waals surface area contributed by atoms with E-state index in [0.717, 1.165) is 11.6 Å². The van der Waals surface area contributed by atoms with E-state index in [0.29, 0.717) is 17.5 Å². The first-order valence-corrected chi connectivity index (χ1v) is 6.65. The molecule has 0 heterocycles. The quantitative estimate of drug-likeness (QED) is 0.895. The van der Waals surface area contributed by atoms with Gasteiger partial charge in [-0.3, -0.25) is 0 Å². The number of benzene rings is 2. The SMILES string of the molecule is Cc1ccc(CC(N)c2cc(C)c(F)cc2F)cc1C. The Labute approximate surface area is 118 Å². The monoisotopic (exact) mass is 275 g/mol. The fraction of sp³-hybridized carbons (Fsp3) is 0.294. The molecule has 0 aliphatic heterocycles. The molecule has 2 aromatic rings. The number of aryl methyl sites for hydroxylation is 3. The normalized spacial score (nSPS) is 12.5. The summed E-state index contributed by atoms with van der Waals surface area (Å²) in [4.78, 5) is 0. The molecule has 0 aliphatic rings. The Morgan fingerprint density at radius 2 is 1.60 bits per heavy atom. The third kappa shape index (κ3) is 3.05. The van der Waals surface area contributed by atoms with Crippen LogP contribution in [0.3, 0.4) is 0 Å². The molecule has 0 aliphatic carbocycles. The summed E-state index contributed by atoms with van der Waals surface area (Å²) in [6.45, 7) is 5.69. The van der Waals surface area contributed by atoms with Gasteiger partial charge in [-0.2, -0.15) is 0 Å². The van der Waals surface area contributed by atoms with Crippen LogP contribution in [0.5, 0.6) is 0 Å². The van der Waals surface area contributed by atoms with Crippen molar-refractivity contribution in [3.05, 3.63) is 69.8 Å². The average molecular weight is 275 g/mol. The Kier molecular flexibility index (Phi) is 4.19. The zero-order chi connectivity index (χ0) is 14.9. The Hall–Kier alpha value is -1.74. The highest BCUT2D eigenvalue weighted by atomic mass is 19.1. The smallest absolute Gasteiger partial charge is 0.130 e. The lowest BCUT2D eigenvalue weighted by atomic mass is 9.96. The van der Waals surface area contributed by atoms with Crippen LogP contribution in [-0.2, 0) is 6.42 Å². The van der Waals surface area contributed by atoms with Crippen LogP contribution in [0.2, 0.25) is 0 Å². The van der Waals surface area contributed by atoms with E-state index < -0.39 is 17.7 Å². The predicted octanol–water partition coefficient (Wildman–Crippen LogP) is 4.13. The lowest BCUT2D eigenvalue weighted by molar-refractivity contribution is 0.549. The van der Waals surface area contributed by atoms with E-state index in [2.05, 4.69) is 6.07 Å². The van der Waals surface area contributed by atoms with Crippen LogP contribution in [0.25, 0.3) is 0 Å². The summed E-state index contributed by atoms with van der Waals surface area (Å²) in [5.41, 5.74) is 10.3. The molecule has 1 nitrogen and oxygen atoms in total. The van der Waals surface area contributed by atoms with Crippen molar-refractivity contribution in [1.29, 1.82) is 0 Å². The summed E-state index contributed by atoms with van der Waals surface area (Å²) in [7, 11) is 0. The van der Waals surface area contributed by atoms with Crippen molar-refractivity contribution in [2.75, 3.05) is 0 Å². The van der Waals surface area contributed by atoms with Gasteiger partial charge in [-0.05, 0) is 55.5 Å².